The Morgan fingerprint density at radius 3 is 3.12 bits per heavy atom. The van der Waals surface area contributed by atoms with Crippen molar-refractivity contribution in [3.8, 4) is 0 Å². The molecule has 3 heteroatoms. The third-order valence-corrected chi connectivity index (χ3v) is 2.84. The molecular formula is C13H17NO2. The van der Waals surface area contributed by atoms with Gasteiger partial charge in [0.25, 0.3) is 0 Å². The van der Waals surface area contributed by atoms with Crippen molar-refractivity contribution < 1.29 is 9.53 Å². The number of ether oxygens (including phenoxy) is 1. The Kier molecular flexibility index (Phi) is 3.13. The molecular weight excluding hydrogens is 202 g/mol. The zero-order valence-electron chi connectivity index (χ0n) is 9.75. The molecule has 1 aliphatic heterocycles. The molecule has 0 amide bonds. The molecule has 86 valence electrons. The minimum absolute atomic E-state index is 0.235. The van der Waals surface area contributed by atoms with Crippen LogP contribution in [-0.2, 0) is 11.2 Å². The number of anilines is 1. The second-order valence-corrected chi connectivity index (χ2v) is 4.25. The maximum atomic E-state index is 11.7. The molecule has 0 bridgehead atoms. The first kappa shape index (κ1) is 11.0. The number of benzene rings is 1. The van der Waals surface area contributed by atoms with E-state index in [4.69, 9.17) is 4.74 Å². The maximum Gasteiger partial charge on any atom is 0.340 e. The van der Waals surface area contributed by atoms with E-state index in [2.05, 4.69) is 18.3 Å². The molecule has 1 aliphatic rings. The topological polar surface area (TPSA) is 38.3 Å². The van der Waals surface area contributed by atoms with Crippen molar-refractivity contribution in [2.24, 2.45) is 5.92 Å². The highest BCUT2D eigenvalue weighted by atomic mass is 16.5. The van der Waals surface area contributed by atoms with Gasteiger partial charge >= 0.3 is 5.97 Å². The lowest BCUT2D eigenvalue weighted by molar-refractivity contribution is 0.0527. The van der Waals surface area contributed by atoms with Crippen LogP contribution in [0.1, 0.15) is 29.8 Å². The van der Waals surface area contributed by atoms with Gasteiger partial charge in [0.1, 0.15) is 0 Å². The molecule has 3 nitrogen and oxygen atoms in total. The fourth-order valence-electron chi connectivity index (χ4n) is 2.08. The Hall–Kier alpha value is -1.51. The van der Waals surface area contributed by atoms with Crippen LogP contribution in [0.2, 0.25) is 0 Å². The third-order valence-electron chi connectivity index (χ3n) is 2.84. The molecule has 0 radical (unpaired) electrons. The van der Waals surface area contributed by atoms with Crippen LogP contribution >= 0.6 is 0 Å². The number of hydrogen-bond donors (Lipinski definition) is 1. The molecule has 0 spiro atoms. The third kappa shape index (κ3) is 2.03. The summed E-state index contributed by atoms with van der Waals surface area (Å²) in [6.45, 7) is 5.36. The molecule has 2 rings (SSSR count). The largest absolute Gasteiger partial charge is 0.462 e. The minimum Gasteiger partial charge on any atom is -0.462 e. The lowest BCUT2D eigenvalue weighted by atomic mass is 9.93. The number of fused-ring (bicyclic) bond motifs is 1. The molecule has 0 saturated heterocycles. The smallest absolute Gasteiger partial charge is 0.340 e. The van der Waals surface area contributed by atoms with Crippen molar-refractivity contribution in [3.05, 3.63) is 29.3 Å². The van der Waals surface area contributed by atoms with E-state index < -0.39 is 0 Å². The molecule has 1 unspecified atom stereocenters. The fraction of sp³-hybridized carbons (Fsp3) is 0.462. The SMILES string of the molecule is CCOC(=O)c1cccc2c1NCC(C)C2. The average molecular weight is 219 g/mol. The Balaban J connectivity index is 2.33. The van der Waals surface area contributed by atoms with Gasteiger partial charge in [-0.25, -0.2) is 4.79 Å². The maximum absolute atomic E-state index is 11.7. The van der Waals surface area contributed by atoms with Gasteiger partial charge in [-0.2, -0.15) is 0 Å². The monoisotopic (exact) mass is 219 g/mol. The second kappa shape index (κ2) is 4.56. The molecule has 1 aromatic carbocycles. The van der Waals surface area contributed by atoms with Gasteiger partial charge in [0, 0.05) is 6.54 Å². The van der Waals surface area contributed by atoms with Crippen molar-refractivity contribution in [3.63, 3.8) is 0 Å². The van der Waals surface area contributed by atoms with E-state index in [0.29, 0.717) is 18.1 Å². The quantitative estimate of drug-likeness (QED) is 0.776. The predicted molar refractivity (Wildman–Crippen MR) is 63.8 cm³/mol. The Morgan fingerprint density at radius 2 is 2.38 bits per heavy atom. The van der Waals surface area contributed by atoms with Gasteiger partial charge in [-0.3, -0.25) is 0 Å². The number of carbonyl (C=O) groups excluding carboxylic acids is 1. The Morgan fingerprint density at radius 1 is 1.56 bits per heavy atom. The summed E-state index contributed by atoms with van der Waals surface area (Å²) in [5, 5.41) is 3.32. The molecule has 1 N–H and O–H groups in total. The Bertz CT molecular complexity index is 401. The van der Waals surface area contributed by atoms with Crippen molar-refractivity contribution in [1.29, 1.82) is 0 Å². The van der Waals surface area contributed by atoms with Crippen LogP contribution in [0.5, 0.6) is 0 Å². The van der Waals surface area contributed by atoms with E-state index in [1.54, 1.807) is 0 Å². The van der Waals surface area contributed by atoms with Gasteiger partial charge in [-0.15, -0.1) is 0 Å². The zero-order chi connectivity index (χ0) is 11.5. The number of rotatable bonds is 2. The van der Waals surface area contributed by atoms with Crippen LogP contribution in [0.25, 0.3) is 0 Å². The minimum atomic E-state index is -0.235. The summed E-state index contributed by atoms with van der Waals surface area (Å²) >= 11 is 0. The van der Waals surface area contributed by atoms with Crippen LogP contribution in [0, 0.1) is 5.92 Å². The molecule has 1 atom stereocenters. The zero-order valence-corrected chi connectivity index (χ0v) is 9.75. The van der Waals surface area contributed by atoms with E-state index >= 15 is 0 Å². The summed E-state index contributed by atoms with van der Waals surface area (Å²) < 4.78 is 5.04. The van der Waals surface area contributed by atoms with E-state index in [1.807, 2.05) is 19.1 Å². The average Bonchev–Trinajstić information content (AvgIpc) is 2.28. The molecule has 0 fully saturated rings. The van der Waals surface area contributed by atoms with Crippen LogP contribution in [0.15, 0.2) is 18.2 Å². The standard InChI is InChI=1S/C13H17NO2/c1-3-16-13(15)11-6-4-5-10-7-9(2)8-14-12(10)11/h4-6,9,14H,3,7-8H2,1-2H3. The molecule has 1 heterocycles. The fourth-order valence-corrected chi connectivity index (χ4v) is 2.08. The highest BCUT2D eigenvalue weighted by molar-refractivity contribution is 5.96. The second-order valence-electron chi connectivity index (χ2n) is 4.25. The van der Waals surface area contributed by atoms with Crippen LogP contribution in [-0.4, -0.2) is 19.1 Å². The Labute approximate surface area is 95.8 Å². The summed E-state index contributed by atoms with van der Waals surface area (Å²) in [6.07, 6.45) is 1.02. The highest BCUT2D eigenvalue weighted by Gasteiger charge is 2.20. The van der Waals surface area contributed by atoms with Crippen molar-refractivity contribution in [2.75, 3.05) is 18.5 Å². The normalized spacial score (nSPS) is 18.5. The van der Waals surface area contributed by atoms with E-state index in [9.17, 15) is 4.79 Å². The number of esters is 1. The first-order valence-electron chi connectivity index (χ1n) is 5.75. The van der Waals surface area contributed by atoms with Gasteiger partial charge in [0.15, 0.2) is 0 Å². The van der Waals surface area contributed by atoms with E-state index in [0.717, 1.165) is 18.7 Å². The van der Waals surface area contributed by atoms with Crippen molar-refractivity contribution in [2.45, 2.75) is 20.3 Å². The number of hydrogen-bond acceptors (Lipinski definition) is 3. The summed E-state index contributed by atoms with van der Waals surface area (Å²) in [5.41, 5.74) is 2.83. The highest BCUT2D eigenvalue weighted by Crippen LogP contribution is 2.28. The summed E-state index contributed by atoms with van der Waals surface area (Å²) in [6, 6.07) is 5.81. The number of para-hydroxylation sites is 1. The van der Waals surface area contributed by atoms with Gasteiger partial charge < -0.3 is 10.1 Å². The summed E-state index contributed by atoms with van der Waals surface area (Å²) in [7, 11) is 0. The lowest BCUT2D eigenvalue weighted by Crippen LogP contribution is -2.23. The first-order chi connectivity index (χ1) is 7.72. The molecule has 0 aliphatic carbocycles. The van der Waals surface area contributed by atoms with Gasteiger partial charge in [-0.1, -0.05) is 19.1 Å². The van der Waals surface area contributed by atoms with E-state index in [1.165, 1.54) is 5.56 Å². The van der Waals surface area contributed by atoms with Crippen molar-refractivity contribution in [1.82, 2.24) is 0 Å². The predicted octanol–water partition coefficient (Wildman–Crippen LogP) is 2.47. The molecule has 1 aromatic rings. The summed E-state index contributed by atoms with van der Waals surface area (Å²) in [5.74, 6) is 0.381. The number of carbonyl (C=O) groups is 1. The van der Waals surface area contributed by atoms with Crippen LogP contribution in [0.4, 0.5) is 5.69 Å². The van der Waals surface area contributed by atoms with E-state index in [-0.39, 0.29) is 5.97 Å². The van der Waals surface area contributed by atoms with Crippen LogP contribution < -0.4 is 5.32 Å². The van der Waals surface area contributed by atoms with Crippen molar-refractivity contribution >= 4 is 11.7 Å². The van der Waals surface area contributed by atoms with Gasteiger partial charge in [0.05, 0.1) is 17.9 Å². The molecule has 16 heavy (non-hydrogen) atoms. The van der Waals surface area contributed by atoms with Crippen LogP contribution in [0.3, 0.4) is 0 Å². The first-order valence-corrected chi connectivity index (χ1v) is 5.75. The molecule has 0 saturated carbocycles. The lowest BCUT2D eigenvalue weighted by Gasteiger charge is -2.25. The van der Waals surface area contributed by atoms with Gasteiger partial charge in [-0.05, 0) is 30.9 Å². The summed E-state index contributed by atoms with van der Waals surface area (Å²) in [4.78, 5) is 11.7. The number of nitrogens with one attached hydrogen (secondary N) is 1. The molecule has 0 aromatic heterocycles. The van der Waals surface area contributed by atoms with Gasteiger partial charge in [0.2, 0.25) is 0 Å².